The van der Waals surface area contributed by atoms with E-state index in [1.165, 1.54) is 34.1 Å². The van der Waals surface area contributed by atoms with E-state index in [2.05, 4.69) is 134 Å². The monoisotopic (exact) mass is 458 g/mol. The van der Waals surface area contributed by atoms with Crippen molar-refractivity contribution in [3.63, 3.8) is 0 Å². The fourth-order valence-corrected chi connectivity index (χ4v) is 4.84. The van der Waals surface area contributed by atoms with Crippen molar-refractivity contribution in [1.82, 2.24) is 0 Å². The molecule has 0 unspecified atom stereocenters. The summed E-state index contributed by atoms with van der Waals surface area (Å²) in [5.41, 5.74) is 7.42. The van der Waals surface area contributed by atoms with Gasteiger partial charge in [-0.3, -0.25) is 0 Å². The third-order valence-corrected chi connectivity index (χ3v) is 6.68. The Bertz CT molecular complexity index is 888. The van der Waals surface area contributed by atoms with Crippen LogP contribution in [-0.2, 0) is 0 Å². The highest BCUT2D eigenvalue weighted by molar-refractivity contribution is 5.94. The van der Waals surface area contributed by atoms with E-state index in [9.17, 15) is 0 Å². The van der Waals surface area contributed by atoms with E-state index in [1.807, 2.05) is 0 Å². The van der Waals surface area contributed by atoms with E-state index in [0.29, 0.717) is 0 Å². The van der Waals surface area contributed by atoms with Gasteiger partial charge in [-0.25, -0.2) is 0 Å². The summed E-state index contributed by atoms with van der Waals surface area (Å²) in [6.45, 7) is 19.2. The molecule has 3 aromatic carbocycles. The molecule has 4 heteroatoms. The molecular formula is C30H42N4. The molecule has 0 saturated carbocycles. The lowest BCUT2D eigenvalue weighted by Gasteiger charge is -2.37. The van der Waals surface area contributed by atoms with E-state index < -0.39 is 0 Å². The predicted octanol–water partition coefficient (Wildman–Crippen LogP) is 7.70. The zero-order valence-electron chi connectivity index (χ0n) is 22.0. The first-order chi connectivity index (χ1) is 16.6. The van der Waals surface area contributed by atoms with Crippen LogP contribution in [0.5, 0.6) is 0 Å². The molecule has 0 fully saturated rings. The largest absolute Gasteiger partial charge is 0.370 e. The summed E-state index contributed by atoms with van der Waals surface area (Å²) in [6.07, 6.45) is 0. The van der Waals surface area contributed by atoms with Crippen molar-refractivity contribution in [2.75, 3.05) is 58.9 Å². The number of anilines is 6. The summed E-state index contributed by atoms with van der Waals surface area (Å²) >= 11 is 0. The quantitative estimate of drug-likeness (QED) is 0.276. The normalized spacial score (nSPS) is 10.8. The lowest BCUT2D eigenvalue weighted by atomic mass is 10.1. The minimum absolute atomic E-state index is 0.969. The molecular weight excluding hydrogens is 416 g/mol. The third kappa shape index (κ3) is 5.16. The minimum Gasteiger partial charge on any atom is -0.370 e. The molecule has 0 aliphatic rings. The van der Waals surface area contributed by atoms with Crippen LogP contribution in [0, 0.1) is 0 Å². The van der Waals surface area contributed by atoms with Gasteiger partial charge in [-0.15, -0.1) is 0 Å². The molecule has 182 valence electrons. The highest BCUT2D eigenvalue weighted by Crippen LogP contribution is 2.47. The summed E-state index contributed by atoms with van der Waals surface area (Å²) in [4.78, 5) is 9.82. The minimum atomic E-state index is 0.969. The Labute approximate surface area is 207 Å². The number of hydrogen-bond acceptors (Lipinski definition) is 4. The smallest absolute Gasteiger partial charge is 0.0697 e. The SMILES string of the molecule is CCN(CC)c1ccccc1N(c1ccccc1N(CC)CC)c1ccccc1N(CC)CC. The molecule has 3 aromatic rings. The Morgan fingerprint density at radius 2 is 0.559 bits per heavy atom. The molecule has 0 aliphatic carbocycles. The summed E-state index contributed by atoms with van der Waals surface area (Å²) in [7, 11) is 0. The number of benzene rings is 3. The van der Waals surface area contributed by atoms with Gasteiger partial charge < -0.3 is 19.6 Å². The van der Waals surface area contributed by atoms with Crippen LogP contribution in [-0.4, -0.2) is 39.3 Å². The first-order valence-electron chi connectivity index (χ1n) is 13.0. The van der Waals surface area contributed by atoms with Gasteiger partial charge in [-0.2, -0.15) is 0 Å². The van der Waals surface area contributed by atoms with Crippen molar-refractivity contribution in [1.29, 1.82) is 0 Å². The number of hydrogen-bond donors (Lipinski definition) is 0. The van der Waals surface area contributed by atoms with Crippen LogP contribution in [0.1, 0.15) is 41.5 Å². The maximum Gasteiger partial charge on any atom is 0.0697 e. The van der Waals surface area contributed by atoms with E-state index in [4.69, 9.17) is 0 Å². The average Bonchev–Trinajstić information content (AvgIpc) is 2.89. The van der Waals surface area contributed by atoms with Crippen LogP contribution in [0.25, 0.3) is 0 Å². The number of rotatable bonds is 12. The fourth-order valence-electron chi connectivity index (χ4n) is 4.84. The van der Waals surface area contributed by atoms with Crippen molar-refractivity contribution in [2.24, 2.45) is 0 Å². The second-order valence-electron chi connectivity index (χ2n) is 8.32. The van der Waals surface area contributed by atoms with Crippen molar-refractivity contribution in [2.45, 2.75) is 41.5 Å². The van der Waals surface area contributed by atoms with Crippen LogP contribution in [0.2, 0.25) is 0 Å². The van der Waals surface area contributed by atoms with Crippen molar-refractivity contribution in [3.05, 3.63) is 72.8 Å². The second kappa shape index (κ2) is 12.4. The first-order valence-corrected chi connectivity index (χ1v) is 13.0. The van der Waals surface area contributed by atoms with Gasteiger partial charge in [-0.1, -0.05) is 36.4 Å². The van der Waals surface area contributed by atoms with E-state index >= 15 is 0 Å². The topological polar surface area (TPSA) is 13.0 Å². The first kappa shape index (κ1) is 25.5. The summed E-state index contributed by atoms with van der Waals surface area (Å²) in [6, 6.07) is 26.5. The highest BCUT2D eigenvalue weighted by Gasteiger charge is 2.24. The highest BCUT2D eigenvalue weighted by atomic mass is 15.3. The fraction of sp³-hybridized carbons (Fsp3) is 0.400. The van der Waals surface area contributed by atoms with Gasteiger partial charge in [0.25, 0.3) is 0 Å². The van der Waals surface area contributed by atoms with Crippen molar-refractivity contribution in [3.8, 4) is 0 Å². The standard InChI is InChI=1S/C30H42N4/c1-7-31(8-2)25-19-13-16-22-28(25)34(29-23-17-14-20-26(29)32(9-3)10-4)30-24-18-15-21-27(30)33(11-5)12-6/h13-24H,7-12H2,1-6H3. The van der Waals surface area contributed by atoms with Crippen LogP contribution in [0.3, 0.4) is 0 Å². The van der Waals surface area contributed by atoms with Crippen LogP contribution < -0.4 is 19.6 Å². The number of nitrogens with zero attached hydrogens (tertiary/aromatic N) is 4. The zero-order valence-corrected chi connectivity index (χ0v) is 22.0. The van der Waals surface area contributed by atoms with Gasteiger partial charge >= 0.3 is 0 Å². The van der Waals surface area contributed by atoms with Gasteiger partial charge in [0.2, 0.25) is 0 Å². The van der Waals surface area contributed by atoms with Crippen molar-refractivity contribution >= 4 is 34.1 Å². The molecule has 34 heavy (non-hydrogen) atoms. The maximum atomic E-state index is 2.48. The molecule has 0 saturated heterocycles. The molecule has 0 aromatic heterocycles. The zero-order chi connectivity index (χ0) is 24.5. The summed E-state index contributed by atoms with van der Waals surface area (Å²) in [5.74, 6) is 0. The Hall–Kier alpha value is -3.14. The molecule has 0 N–H and O–H groups in total. The van der Waals surface area contributed by atoms with E-state index in [1.54, 1.807) is 0 Å². The maximum absolute atomic E-state index is 2.48. The van der Waals surface area contributed by atoms with Gasteiger partial charge in [0.05, 0.1) is 34.1 Å². The van der Waals surface area contributed by atoms with Gasteiger partial charge in [0, 0.05) is 39.3 Å². The second-order valence-corrected chi connectivity index (χ2v) is 8.32. The summed E-state index contributed by atoms with van der Waals surface area (Å²) < 4.78 is 0. The molecule has 3 rings (SSSR count). The average molecular weight is 459 g/mol. The van der Waals surface area contributed by atoms with Gasteiger partial charge in [-0.05, 0) is 77.9 Å². The van der Waals surface area contributed by atoms with Gasteiger partial charge in [0.15, 0.2) is 0 Å². The lowest BCUT2D eigenvalue weighted by molar-refractivity contribution is 0.856. The van der Waals surface area contributed by atoms with Crippen LogP contribution >= 0.6 is 0 Å². The Balaban J connectivity index is 2.37. The molecule has 0 aliphatic heterocycles. The molecule has 0 amide bonds. The molecule has 0 spiro atoms. The Kier molecular flexibility index (Phi) is 9.26. The summed E-state index contributed by atoms with van der Waals surface area (Å²) in [5, 5.41) is 0. The molecule has 0 bridgehead atoms. The third-order valence-electron chi connectivity index (χ3n) is 6.68. The lowest BCUT2D eigenvalue weighted by Crippen LogP contribution is -2.28. The molecule has 0 radical (unpaired) electrons. The van der Waals surface area contributed by atoms with Crippen LogP contribution in [0.4, 0.5) is 34.1 Å². The van der Waals surface area contributed by atoms with Gasteiger partial charge in [0.1, 0.15) is 0 Å². The van der Waals surface area contributed by atoms with E-state index in [0.717, 1.165) is 39.3 Å². The molecule has 0 atom stereocenters. The number of para-hydroxylation sites is 6. The Morgan fingerprint density at radius 1 is 0.353 bits per heavy atom. The van der Waals surface area contributed by atoms with E-state index in [-0.39, 0.29) is 0 Å². The molecule has 0 heterocycles. The van der Waals surface area contributed by atoms with Crippen molar-refractivity contribution < 1.29 is 0 Å². The van der Waals surface area contributed by atoms with Crippen LogP contribution in [0.15, 0.2) is 72.8 Å². The predicted molar refractivity (Wildman–Crippen MR) is 152 cm³/mol. The molecule has 4 nitrogen and oxygen atoms in total. The Morgan fingerprint density at radius 3 is 0.765 bits per heavy atom.